The standard InChI is InChI=1S/C19H21F3N2O/c1-4-19(7-8-19)24-17-15(25-3)10-13(21)16(22)18(17)23-14-6-5-11(2)9-12(14)20/h5-6,9-10,23-24H,4,7-8H2,1-3H3. The van der Waals surface area contributed by atoms with Gasteiger partial charge in [0.05, 0.1) is 12.8 Å². The molecule has 2 N–H and O–H groups in total. The number of ether oxygens (including phenoxy) is 1. The smallest absolute Gasteiger partial charge is 0.184 e. The minimum absolute atomic E-state index is 0.0709. The molecule has 3 nitrogen and oxygen atoms in total. The van der Waals surface area contributed by atoms with Crippen molar-refractivity contribution in [3.8, 4) is 5.75 Å². The number of methoxy groups -OCH3 is 1. The number of nitrogens with one attached hydrogen (secondary N) is 2. The summed E-state index contributed by atoms with van der Waals surface area (Å²) in [6.07, 6.45) is 2.71. The van der Waals surface area contributed by atoms with Gasteiger partial charge in [0.2, 0.25) is 0 Å². The SMILES string of the molecule is CCC1(Nc2c(OC)cc(F)c(F)c2Nc2ccc(C)cc2F)CC1. The molecule has 0 aliphatic heterocycles. The molecule has 2 aromatic rings. The molecule has 0 bridgehead atoms. The van der Waals surface area contributed by atoms with Crippen molar-refractivity contribution in [2.45, 2.75) is 38.6 Å². The van der Waals surface area contributed by atoms with Gasteiger partial charge in [0.1, 0.15) is 22.9 Å². The van der Waals surface area contributed by atoms with E-state index in [1.165, 1.54) is 19.2 Å². The third kappa shape index (κ3) is 3.38. The number of hydrogen-bond donors (Lipinski definition) is 2. The molecule has 0 unspecified atom stereocenters. The summed E-state index contributed by atoms with van der Waals surface area (Å²) in [6, 6.07) is 5.53. The van der Waals surface area contributed by atoms with Crippen LogP contribution >= 0.6 is 0 Å². The molecular weight excluding hydrogens is 329 g/mol. The molecule has 0 aromatic heterocycles. The Morgan fingerprint density at radius 2 is 1.80 bits per heavy atom. The number of aryl methyl sites for hydroxylation is 1. The molecule has 1 fully saturated rings. The lowest BCUT2D eigenvalue weighted by atomic mass is 10.1. The third-order valence-electron chi connectivity index (χ3n) is 4.71. The highest BCUT2D eigenvalue weighted by atomic mass is 19.2. The quantitative estimate of drug-likeness (QED) is 0.720. The van der Waals surface area contributed by atoms with Crippen LogP contribution in [0.15, 0.2) is 24.3 Å². The monoisotopic (exact) mass is 350 g/mol. The summed E-state index contributed by atoms with van der Waals surface area (Å²) >= 11 is 0. The van der Waals surface area contributed by atoms with E-state index < -0.39 is 17.5 Å². The highest BCUT2D eigenvalue weighted by molar-refractivity contribution is 5.81. The van der Waals surface area contributed by atoms with E-state index in [0.717, 1.165) is 30.9 Å². The van der Waals surface area contributed by atoms with E-state index in [0.29, 0.717) is 5.69 Å². The fourth-order valence-electron chi connectivity index (χ4n) is 2.84. The van der Waals surface area contributed by atoms with Gasteiger partial charge in [-0.15, -0.1) is 0 Å². The molecule has 0 saturated heterocycles. The molecule has 1 aliphatic carbocycles. The lowest BCUT2D eigenvalue weighted by Crippen LogP contribution is -2.21. The van der Waals surface area contributed by atoms with Gasteiger partial charge >= 0.3 is 0 Å². The molecule has 25 heavy (non-hydrogen) atoms. The van der Waals surface area contributed by atoms with Crippen molar-refractivity contribution in [2.75, 3.05) is 17.7 Å². The van der Waals surface area contributed by atoms with E-state index in [1.807, 2.05) is 6.92 Å². The summed E-state index contributed by atoms with van der Waals surface area (Å²) in [5, 5.41) is 5.96. The van der Waals surface area contributed by atoms with Crippen LogP contribution in [0.2, 0.25) is 0 Å². The topological polar surface area (TPSA) is 33.3 Å². The second kappa shape index (κ2) is 6.50. The van der Waals surface area contributed by atoms with E-state index in [-0.39, 0.29) is 22.7 Å². The zero-order chi connectivity index (χ0) is 18.2. The highest BCUT2D eigenvalue weighted by Gasteiger charge is 2.42. The van der Waals surface area contributed by atoms with Gasteiger partial charge in [-0.1, -0.05) is 13.0 Å². The predicted molar refractivity (Wildman–Crippen MR) is 93.2 cm³/mol. The Labute approximate surface area is 145 Å². The molecule has 0 heterocycles. The van der Waals surface area contributed by atoms with Crippen LogP contribution in [0.4, 0.5) is 30.2 Å². The maximum atomic E-state index is 14.5. The second-order valence-corrected chi connectivity index (χ2v) is 6.49. The van der Waals surface area contributed by atoms with Gasteiger partial charge < -0.3 is 15.4 Å². The second-order valence-electron chi connectivity index (χ2n) is 6.49. The third-order valence-corrected chi connectivity index (χ3v) is 4.71. The van der Waals surface area contributed by atoms with E-state index >= 15 is 0 Å². The first-order valence-electron chi connectivity index (χ1n) is 8.26. The normalized spacial score (nSPS) is 15.0. The molecule has 2 aromatic carbocycles. The number of rotatable bonds is 6. The summed E-state index contributed by atoms with van der Waals surface area (Å²) in [7, 11) is 1.39. The zero-order valence-electron chi connectivity index (χ0n) is 14.5. The molecule has 0 radical (unpaired) electrons. The van der Waals surface area contributed by atoms with Gasteiger partial charge in [-0.2, -0.15) is 0 Å². The van der Waals surface area contributed by atoms with E-state index in [9.17, 15) is 13.2 Å². The number of hydrogen-bond acceptors (Lipinski definition) is 3. The summed E-state index contributed by atoms with van der Waals surface area (Å²) < 4.78 is 47.9. The van der Waals surface area contributed by atoms with E-state index in [1.54, 1.807) is 13.0 Å². The molecule has 0 atom stereocenters. The summed E-state index contributed by atoms with van der Waals surface area (Å²) in [5.41, 5.74) is 0.808. The first kappa shape index (κ1) is 17.5. The van der Waals surface area contributed by atoms with Crippen molar-refractivity contribution in [1.29, 1.82) is 0 Å². The minimum atomic E-state index is -1.07. The molecule has 3 rings (SSSR count). The van der Waals surface area contributed by atoms with Crippen molar-refractivity contribution in [3.63, 3.8) is 0 Å². The molecule has 0 spiro atoms. The van der Waals surface area contributed by atoms with Crippen LogP contribution in [0.25, 0.3) is 0 Å². The van der Waals surface area contributed by atoms with Crippen molar-refractivity contribution in [2.24, 2.45) is 0 Å². The van der Waals surface area contributed by atoms with Crippen LogP contribution < -0.4 is 15.4 Å². The number of anilines is 3. The first-order chi connectivity index (χ1) is 11.9. The van der Waals surface area contributed by atoms with Gasteiger partial charge in [-0.05, 0) is 43.9 Å². The average molecular weight is 350 g/mol. The van der Waals surface area contributed by atoms with Gasteiger partial charge in [0, 0.05) is 11.6 Å². The van der Waals surface area contributed by atoms with Crippen LogP contribution in [-0.2, 0) is 0 Å². The Morgan fingerprint density at radius 3 is 2.36 bits per heavy atom. The lowest BCUT2D eigenvalue weighted by molar-refractivity contribution is 0.408. The lowest BCUT2D eigenvalue weighted by Gasteiger charge is -2.23. The van der Waals surface area contributed by atoms with Crippen molar-refractivity contribution in [1.82, 2.24) is 0 Å². The first-order valence-corrected chi connectivity index (χ1v) is 8.26. The molecule has 1 aliphatic rings. The Bertz CT molecular complexity index is 804. The Morgan fingerprint density at radius 1 is 1.08 bits per heavy atom. The Hall–Kier alpha value is -2.37. The summed E-state index contributed by atoms with van der Waals surface area (Å²) in [5.74, 6) is -2.49. The van der Waals surface area contributed by atoms with Gasteiger partial charge in [0.25, 0.3) is 0 Å². The van der Waals surface area contributed by atoms with E-state index in [2.05, 4.69) is 10.6 Å². The Balaban J connectivity index is 2.08. The summed E-state index contributed by atoms with van der Waals surface area (Å²) in [6.45, 7) is 3.78. The van der Waals surface area contributed by atoms with Gasteiger partial charge in [0.15, 0.2) is 11.6 Å². The predicted octanol–water partition coefficient (Wildman–Crippen LogP) is 5.52. The maximum Gasteiger partial charge on any atom is 0.184 e. The molecular formula is C19H21F3N2O. The number of benzene rings is 2. The minimum Gasteiger partial charge on any atom is -0.494 e. The van der Waals surface area contributed by atoms with Crippen LogP contribution in [-0.4, -0.2) is 12.6 Å². The van der Waals surface area contributed by atoms with Crippen molar-refractivity contribution < 1.29 is 17.9 Å². The largest absolute Gasteiger partial charge is 0.494 e. The van der Waals surface area contributed by atoms with Crippen molar-refractivity contribution in [3.05, 3.63) is 47.3 Å². The fraction of sp³-hybridized carbons (Fsp3) is 0.368. The zero-order valence-corrected chi connectivity index (χ0v) is 14.5. The van der Waals surface area contributed by atoms with Gasteiger partial charge in [-0.3, -0.25) is 0 Å². The fourth-order valence-corrected chi connectivity index (χ4v) is 2.84. The highest BCUT2D eigenvalue weighted by Crippen LogP contribution is 2.47. The summed E-state index contributed by atoms with van der Waals surface area (Å²) in [4.78, 5) is 0. The van der Waals surface area contributed by atoms with Crippen LogP contribution in [0.5, 0.6) is 5.75 Å². The number of halogens is 3. The molecule has 6 heteroatoms. The molecule has 0 amide bonds. The molecule has 134 valence electrons. The maximum absolute atomic E-state index is 14.5. The Kier molecular flexibility index (Phi) is 4.54. The van der Waals surface area contributed by atoms with Gasteiger partial charge in [-0.25, -0.2) is 13.2 Å². The molecule has 1 saturated carbocycles. The van der Waals surface area contributed by atoms with Crippen LogP contribution in [0.3, 0.4) is 0 Å². The average Bonchev–Trinajstić information content (AvgIpc) is 3.36. The van der Waals surface area contributed by atoms with Crippen LogP contribution in [0, 0.1) is 24.4 Å². The van der Waals surface area contributed by atoms with Crippen molar-refractivity contribution >= 4 is 17.1 Å². The van der Waals surface area contributed by atoms with E-state index in [4.69, 9.17) is 4.74 Å². The van der Waals surface area contributed by atoms with Crippen LogP contribution in [0.1, 0.15) is 31.7 Å².